The lowest BCUT2D eigenvalue weighted by Crippen LogP contribution is -2.26. The van der Waals surface area contributed by atoms with Crippen molar-refractivity contribution in [3.8, 4) is 0 Å². The number of rotatable bonds is 4. The predicted octanol–water partition coefficient (Wildman–Crippen LogP) is 3.13. The molecule has 0 bridgehead atoms. The summed E-state index contributed by atoms with van der Waals surface area (Å²) in [4.78, 5) is 0. The van der Waals surface area contributed by atoms with Gasteiger partial charge in [-0.05, 0) is 38.1 Å². The molecule has 76 valence electrons. The lowest BCUT2D eigenvalue weighted by molar-refractivity contribution is 0.350. The Morgan fingerprint density at radius 2 is 1.92 bits per heavy atom. The van der Waals surface area contributed by atoms with Crippen LogP contribution in [-0.2, 0) is 0 Å². The average molecular weight is 222 g/mol. The zero-order valence-corrected chi connectivity index (χ0v) is 9.32. The molecule has 0 atom stereocenters. The molecule has 13 heavy (non-hydrogen) atoms. The van der Waals surface area contributed by atoms with Gasteiger partial charge in [-0.1, -0.05) is 17.7 Å². The molecule has 0 aliphatic heterocycles. The molecular weight excluding hydrogens is 205 g/mol. The molecule has 1 nitrogen and oxygen atoms in total. The topological polar surface area (TPSA) is 12.0 Å². The van der Waals surface area contributed by atoms with Crippen LogP contribution in [0, 0.1) is 5.92 Å². The Kier molecular flexibility index (Phi) is 5.85. The highest BCUT2D eigenvalue weighted by molar-refractivity contribution is 6.25. The molecule has 0 aromatic carbocycles. The van der Waals surface area contributed by atoms with Crippen LogP contribution >= 0.6 is 23.2 Å². The van der Waals surface area contributed by atoms with Gasteiger partial charge in [-0.25, -0.2) is 0 Å². The van der Waals surface area contributed by atoms with E-state index in [0.717, 1.165) is 19.0 Å². The average Bonchev–Trinajstić information content (AvgIpc) is 2.15. The summed E-state index contributed by atoms with van der Waals surface area (Å²) < 4.78 is 0. The second-order valence-electron chi connectivity index (χ2n) is 3.64. The Hall–Kier alpha value is 0.280. The molecule has 1 N–H and O–H groups in total. The van der Waals surface area contributed by atoms with Crippen LogP contribution in [-0.4, -0.2) is 18.5 Å². The third-order valence-corrected chi connectivity index (χ3v) is 3.18. The molecule has 0 radical (unpaired) electrons. The van der Waals surface area contributed by atoms with Crippen molar-refractivity contribution in [2.75, 3.05) is 13.1 Å². The van der Waals surface area contributed by atoms with Gasteiger partial charge in [0.25, 0.3) is 0 Å². The number of halogens is 2. The summed E-state index contributed by atoms with van der Waals surface area (Å²) in [7, 11) is 0. The highest BCUT2D eigenvalue weighted by Crippen LogP contribution is 2.26. The largest absolute Gasteiger partial charge is 0.313 e. The van der Waals surface area contributed by atoms with E-state index >= 15 is 0 Å². The minimum absolute atomic E-state index is 0.430. The molecular formula is C10H17Cl2N. The van der Waals surface area contributed by atoms with E-state index in [4.69, 9.17) is 23.2 Å². The number of hydrogen-bond donors (Lipinski definition) is 1. The third kappa shape index (κ3) is 4.90. The van der Waals surface area contributed by atoms with Gasteiger partial charge in [0, 0.05) is 17.5 Å². The van der Waals surface area contributed by atoms with Crippen molar-refractivity contribution < 1.29 is 0 Å². The summed E-state index contributed by atoms with van der Waals surface area (Å²) in [5.74, 6) is 0.818. The van der Waals surface area contributed by atoms with Gasteiger partial charge in [0.2, 0.25) is 0 Å². The summed E-state index contributed by atoms with van der Waals surface area (Å²) in [6.45, 7) is 1.98. The Bertz CT molecular complexity index is 151. The molecule has 0 aromatic rings. The van der Waals surface area contributed by atoms with Gasteiger partial charge >= 0.3 is 0 Å². The van der Waals surface area contributed by atoms with Crippen molar-refractivity contribution in [2.24, 2.45) is 5.92 Å². The van der Waals surface area contributed by atoms with E-state index in [-0.39, 0.29) is 0 Å². The molecule has 0 unspecified atom stereocenters. The van der Waals surface area contributed by atoms with E-state index in [1.165, 1.54) is 25.7 Å². The maximum atomic E-state index is 6.02. The van der Waals surface area contributed by atoms with Gasteiger partial charge in [-0.2, -0.15) is 0 Å². The van der Waals surface area contributed by atoms with Gasteiger partial charge in [0.15, 0.2) is 0 Å². The van der Waals surface area contributed by atoms with E-state index < -0.39 is 0 Å². The van der Waals surface area contributed by atoms with Crippen LogP contribution in [0.5, 0.6) is 0 Å². The third-order valence-electron chi connectivity index (χ3n) is 2.56. The van der Waals surface area contributed by atoms with Crippen LogP contribution < -0.4 is 5.32 Å². The van der Waals surface area contributed by atoms with Gasteiger partial charge in [-0.3, -0.25) is 0 Å². The first-order valence-electron chi connectivity index (χ1n) is 4.93. The summed E-state index contributed by atoms with van der Waals surface area (Å²) in [6, 6.07) is 0. The summed E-state index contributed by atoms with van der Waals surface area (Å²) in [5, 5.41) is 3.79. The molecule has 0 saturated heterocycles. The number of alkyl halides is 1. The quantitative estimate of drug-likeness (QED) is 0.569. The lowest BCUT2D eigenvalue weighted by Gasteiger charge is -2.24. The second kappa shape index (κ2) is 6.69. The molecule has 1 aliphatic rings. The minimum atomic E-state index is 0.430. The highest BCUT2D eigenvalue weighted by atomic mass is 35.5. The van der Waals surface area contributed by atoms with Crippen molar-refractivity contribution in [2.45, 2.75) is 31.1 Å². The van der Waals surface area contributed by atoms with Crippen molar-refractivity contribution in [3.63, 3.8) is 0 Å². The Morgan fingerprint density at radius 1 is 1.23 bits per heavy atom. The molecule has 3 heteroatoms. The first-order valence-corrected chi connectivity index (χ1v) is 5.80. The van der Waals surface area contributed by atoms with Crippen LogP contribution in [0.3, 0.4) is 0 Å². The molecule has 0 heterocycles. The molecule has 0 spiro atoms. The van der Waals surface area contributed by atoms with E-state index in [9.17, 15) is 0 Å². The van der Waals surface area contributed by atoms with Crippen molar-refractivity contribution >= 4 is 23.2 Å². The fraction of sp³-hybridized carbons (Fsp3) is 0.800. The zero-order valence-electron chi connectivity index (χ0n) is 7.81. The maximum absolute atomic E-state index is 6.02. The Balaban J connectivity index is 2.02. The van der Waals surface area contributed by atoms with Gasteiger partial charge in [0.1, 0.15) is 0 Å². The monoisotopic (exact) mass is 221 g/mol. The van der Waals surface area contributed by atoms with Crippen LogP contribution in [0.1, 0.15) is 25.7 Å². The Labute approximate surface area is 90.5 Å². The molecule has 1 rings (SSSR count). The molecule has 1 fully saturated rings. The molecule has 0 aromatic heterocycles. The summed E-state index contributed by atoms with van der Waals surface area (Å²) >= 11 is 11.4. The van der Waals surface area contributed by atoms with E-state index in [1.807, 2.05) is 6.08 Å². The predicted molar refractivity (Wildman–Crippen MR) is 59.5 cm³/mol. The first-order chi connectivity index (χ1) is 6.33. The van der Waals surface area contributed by atoms with Gasteiger partial charge in [0.05, 0.1) is 0 Å². The number of nitrogens with one attached hydrogen (secondary N) is 1. The van der Waals surface area contributed by atoms with Gasteiger partial charge in [-0.15, -0.1) is 11.6 Å². The zero-order chi connectivity index (χ0) is 9.52. The Morgan fingerprint density at radius 3 is 2.54 bits per heavy atom. The van der Waals surface area contributed by atoms with E-state index in [2.05, 4.69) is 5.32 Å². The maximum Gasteiger partial charge on any atom is 0.0336 e. The fourth-order valence-electron chi connectivity index (χ4n) is 1.74. The van der Waals surface area contributed by atoms with E-state index in [0.29, 0.717) is 5.38 Å². The highest BCUT2D eigenvalue weighted by Gasteiger charge is 2.18. The lowest BCUT2D eigenvalue weighted by atomic mass is 9.89. The second-order valence-corrected chi connectivity index (χ2v) is 4.51. The fourth-order valence-corrected chi connectivity index (χ4v) is 2.08. The smallest absolute Gasteiger partial charge is 0.0336 e. The standard InChI is InChI=1S/C10H17Cl2N/c11-6-1-7-13-8-9-2-4-10(12)5-3-9/h1,6,9-10,13H,2-5,7-8H2/b6-1+. The molecule has 1 saturated carbocycles. The molecule has 1 aliphatic carbocycles. The minimum Gasteiger partial charge on any atom is -0.313 e. The van der Waals surface area contributed by atoms with Crippen LogP contribution in [0.15, 0.2) is 11.6 Å². The molecule has 0 amide bonds. The summed E-state index contributed by atoms with van der Waals surface area (Å²) in [6.07, 6.45) is 6.82. The van der Waals surface area contributed by atoms with Crippen LogP contribution in [0.2, 0.25) is 0 Å². The van der Waals surface area contributed by atoms with Crippen LogP contribution in [0.25, 0.3) is 0 Å². The van der Waals surface area contributed by atoms with Crippen molar-refractivity contribution in [3.05, 3.63) is 11.6 Å². The normalized spacial score (nSPS) is 29.7. The SMILES string of the molecule is Cl/C=C/CNCC1CCC(Cl)CC1. The van der Waals surface area contributed by atoms with Crippen molar-refractivity contribution in [1.82, 2.24) is 5.32 Å². The van der Waals surface area contributed by atoms with E-state index in [1.54, 1.807) is 5.54 Å². The van der Waals surface area contributed by atoms with Gasteiger partial charge < -0.3 is 5.32 Å². The number of hydrogen-bond acceptors (Lipinski definition) is 1. The first kappa shape index (κ1) is 11.4. The van der Waals surface area contributed by atoms with Crippen molar-refractivity contribution in [1.29, 1.82) is 0 Å². The van der Waals surface area contributed by atoms with Crippen LogP contribution in [0.4, 0.5) is 0 Å². The summed E-state index contributed by atoms with van der Waals surface area (Å²) in [5.41, 5.74) is 1.56.